The van der Waals surface area contributed by atoms with Crippen molar-refractivity contribution in [3.8, 4) is 5.75 Å². The fourth-order valence-corrected chi connectivity index (χ4v) is 1.75. The number of aliphatic carboxylic acids is 1. The van der Waals surface area contributed by atoms with Crippen LogP contribution in [0.5, 0.6) is 5.75 Å². The van der Waals surface area contributed by atoms with Gasteiger partial charge in [0.1, 0.15) is 5.75 Å². The lowest BCUT2D eigenvalue weighted by atomic mass is 9.90. The van der Waals surface area contributed by atoms with E-state index in [1.807, 2.05) is 31.2 Å². The largest absolute Gasteiger partial charge is 0.483 e. The van der Waals surface area contributed by atoms with Crippen LogP contribution in [0.3, 0.4) is 0 Å². The van der Waals surface area contributed by atoms with Crippen molar-refractivity contribution in [3.63, 3.8) is 0 Å². The van der Waals surface area contributed by atoms with E-state index < -0.39 is 11.4 Å². The molecule has 0 unspecified atom stereocenters. The first kappa shape index (κ1) is 17.0. The monoisotopic (exact) mass is 293 g/mol. The van der Waals surface area contributed by atoms with Crippen LogP contribution in [0.1, 0.15) is 32.8 Å². The summed E-state index contributed by atoms with van der Waals surface area (Å²) in [5, 5.41) is 11.7. The molecule has 116 valence electrons. The Hall–Kier alpha value is -2.04. The van der Waals surface area contributed by atoms with Crippen molar-refractivity contribution in [1.29, 1.82) is 0 Å². The van der Waals surface area contributed by atoms with E-state index in [4.69, 9.17) is 9.84 Å². The second-order valence-corrected chi connectivity index (χ2v) is 5.54. The number of para-hydroxylation sites is 1. The van der Waals surface area contributed by atoms with Crippen molar-refractivity contribution in [2.75, 3.05) is 13.2 Å². The van der Waals surface area contributed by atoms with Crippen molar-refractivity contribution in [2.45, 2.75) is 33.6 Å². The second kappa shape index (κ2) is 7.67. The molecule has 1 amide bonds. The van der Waals surface area contributed by atoms with E-state index in [1.165, 1.54) is 0 Å². The molecule has 1 aromatic carbocycles. The molecule has 0 aliphatic heterocycles. The summed E-state index contributed by atoms with van der Waals surface area (Å²) in [6.07, 6.45) is 1.21. The van der Waals surface area contributed by atoms with Gasteiger partial charge in [-0.1, -0.05) is 25.1 Å². The lowest BCUT2D eigenvalue weighted by Gasteiger charge is -2.19. The van der Waals surface area contributed by atoms with Crippen LogP contribution in [-0.4, -0.2) is 30.1 Å². The SMILES string of the molecule is CCc1ccccc1OCC(=O)NCCC(C)(C)C(=O)O. The molecule has 1 rings (SSSR count). The first-order valence-corrected chi connectivity index (χ1v) is 7.07. The van der Waals surface area contributed by atoms with Gasteiger partial charge in [-0.05, 0) is 38.3 Å². The minimum atomic E-state index is -0.870. The third-order valence-corrected chi connectivity index (χ3v) is 3.36. The smallest absolute Gasteiger partial charge is 0.309 e. The number of ether oxygens (including phenoxy) is 1. The zero-order chi connectivity index (χ0) is 15.9. The highest BCUT2D eigenvalue weighted by Crippen LogP contribution is 2.19. The summed E-state index contributed by atoms with van der Waals surface area (Å²) >= 11 is 0. The van der Waals surface area contributed by atoms with Gasteiger partial charge in [0.05, 0.1) is 5.41 Å². The quantitative estimate of drug-likeness (QED) is 0.771. The molecule has 0 heterocycles. The molecule has 0 aromatic heterocycles. The van der Waals surface area contributed by atoms with Gasteiger partial charge in [-0.15, -0.1) is 0 Å². The molecule has 5 heteroatoms. The average molecular weight is 293 g/mol. The molecular weight excluding hydrogens is 270 g/mol. The summed E-state index contributed by atoms with van der Waals surface area (Å²) < 4.78 is 5.49. The van der Waals surface area contributed by atoms with Crippen molar-refractivity contribution >= 4 is 11.9 Å². The minimum Gasteiger partial charge on any atom is -0.483 e. The van der Waals surface area contributed by atoms with Crippen LogP contribution in [0.4, 0.5) is 0 Å². The zero-order valence-corrected chi connectivity index (χ0v) is 12.8. The van der Waals surface area contributed by atoms with Crippen LogP contribution < -0.4 is 10.1 Å². The van der Waals surface area contributed by atoms with Crippen LogP contribution in [0, 0.1) is 5.41 Å². The fraction of sp³-hybridized carbons (Fsp3) is 0.500. The number of amides is 1. The summed E-state index contributed by atoms with van der Waals surface area (Å²) in [5.41, 5.74) is 0.209. The van der Waals surface area contributed by atoms with Crippen LogP contribution in [-0.2, 0) is 16.0 Å². The Kier molecular flexibility index (Phi) is 6.21. The topological polar surface area (TPSA) is 75.6 Å². The first-order valence-electron chi connectivity index (χ1n) is 7.07. The molecule has 0 bridgehead atoms. The maximum absolute atomic E-state index is 11.7. The van der Waals surface area contributed by atoms with Crippen LogP contribution in [0.15, 0.2) is 24.3 Å². The number of hydrogen-bond acceptors (Lipinski definition) is 3. The Bertz CT molecular complexity index is 497. The van der Waals surface area contributed by atoms with Gasteiger partial charge in [-0.25, -0.2) is 0 Å². The first-order chi connectivity index (χ1) is 9.86. The van der Waals surface area contributed by atoms with E-state index >= 15 is 0 Å². The number of rotatable bonds is 8. The van der Waals surface area contributed by atoms with Gasteiger partial charge in [-0.2, -0.15) is 0 Å². The molecule has 0 spiro atoms. The molecule has 0 atom stereocenters. The number of carbonyl (C=O) groups excluding carboxylic acids is 1. The van der Waals surface area contributed by atoms with Crippen molar-refractivity contribution in [2.24, 2.45) is 5.41 Å². The van der Waals surface area contributed by atoms with Gasteiger partial charge in [0.15, 0.2) is 6.61 Å². The Labute approximate surface area is 125 Å². The molecular formula is C16H23NO4. The number of carbonyl (C=O) groups is 2. The standard InChI is InChI=1S/C16H23NO4/c1-4-12-7-5-6-8-13(12)21-11-14(18)17-10-9-16(2,3)15(19)20/h5-8H,4,9-11H2,1-3H3,(H,17,18)(H,19,20). The predicted octanol–water partition coefficient (Wildman–Crippen LogP) is 2.24. The molecule has 0 aliphatic rings. The summed E-state index contributed by atoms with van der Waals surface area (Å²) in [6.45, 7) is 5.54. The summed E-state index contributed by atoms with van der Waals surface area (Å²) in [4.78, 5) is 22.6. The van der Waals surface area contributed by atoms with E-state index in [-0.39, 0.29) is 12.5 Å². The maximum atomic E-state index is 11.7. The van der Waals surface area contributed by atoms with Gasteiger partial charge in [0, 0.05) is 6.54 Å². The number of carboxylic acids is 1. The Balaban J connectivity index is 2.36. The third kappa shape index (κ3) is 5.45. The second-order valence-electron chi connectivity index (χ2n) is 5.54. The molecule has 0 saturated carbocycles. The van der Waals surface area contributed by atoms with Crippen LogP contribution >= 0.6 is 0 Å². The minimum absolute atomic E-state index is 0.0650. The Morgan fingerprint density at radius 1 is 1.29 bits per heavy atom. The van der Waals surface area contributed by atoms with Gasteiger partial charge in [0.25, 0.3) is 5.91 Å². The zero-order valence-electron chi connectivity index (χ0n) is 12.8. The van der Waals surface area contributed by atoms with Crippen LogP contribution in [0.25, 0.3) is 0 Å². The number of hydrogen-bond donors (Lipinski definition) is 2. The van der Waals surface area contributed by atoms with Gasteiger partial charge < -0.3 is 15.2 Å². The van der Waals surface area contributed by atoms with Crippen molar-refractivity contribution in [3.05, 3.63) is 29.8 Å². The van der Waals surface area contributed by atoms with Gasteiger partial charge in [-0.3, -0.25) is 9.59 Å². The summed E-state index contributed by atoms with van der Waals surface area (Å²) in [5.74, 6) is -0.409. The lowest BCUT2D eigenvalue weighted by molar-refractivity contribution is -0.147. The van der Waals surface area contributed by atoms with Crippen LogP contribution in [0.2, 0.25) is 0 Å². The average Bonchev–Trinajstić information content (AvgIpc) is 2.45. The van der Waals surface area contributed by atoms with E-state index in [1.54, 1.807) is 13.8 Å². The highest BCUT2D eigenvalue weighted by Gasteiger charge is 2.26. The maximum Gasteiger partial charge on any atom is 0.309 e. The van der Waals surface area contributed by atoms with Crippen molar-refractivity contribution in [1.82, 2.24) is 5.32 Å². The van der Waals surface area contributed by atoms with Crippen molar-refractivity contribution < 1.29 is 19.4 Å². The number of aryl methyl sites for hydroxylation is 1. The predicted molar refractivity (Wildman–Crippen MR) is 80.4 cm³/mol. The fourth-order valence-electron chi connectivity index (χ4n) is 1.75. The van der Waals surface area contributed by atoms with E-state index in [9.17, 15) is 9.59 Å². The Morgan fingerprint density at radius 2 is 1.95 bits per heavy atom. The highest BCUT2D eigenvalue weighted by molar-refractivity contribution is 5.78. The highest BCUT2D eigenvalue weighted by atomic mass is 16.5. The molecule has 1 aromatic rings. The third-order valence-electron chi connectivity index (χ3n) is 3.36. The Morgan fingerprint density at radius 3 is 2.57 bits per heavy atom. The lowest BCUT2D eigenvalue weighted by Crippen LogP contribution is -2.34. The van der Waals surface area contributed by atoms with E-state index in [0.29, 0.717) is 18.7 Å². The molecule has 2 N–H and O–H groups in total. The van der Waals surface area contributed by atoms with E-state index in [2.05, 4.69) is 5.32 Å². The number of carboxylic acid groups (broad SMARTS) is 1. The number of nitrogens with one attached hydrogen (secondary N) is 1. The molecule has 0 saturated heterocycles. The summed E-state index contributed by atoms with van der Waals surface area (Å²) in [6, 6.07) is 7.59. The summed E-state index contributed by atoms with van der Waals surface area (Å²) in [7, 11) is 0. The van der Waals surface area contributed by atoms with Gasteiger partial charge >= 0.3 is 5.97 Å². The number of benzene rings is 1. The molecule has 0 fully saturated rings. The van der Waals surface area contributed by atoms with E-state index in [0.717, 1.165) is 12.0 Å². The molecule has 5 nitrogen and oxygen atoms in total. The normalized spacial score (nSPS) is 11.0. The molecule has 0 aliphatic carbocycles. The molecule has 0 radical (unpaired) electrons. The molecule has 21 heavy (non-hydrogen) atoms. The van der Waals surface area contributed by atoms with Gasteiger partial charge in [0.2, 0.25) is 0 Å².